The lowest BCUT2D eigenvalue weighted by Crippen LogP contribution is -2.53. The van der Waals surface area contributed by atoms with Gasteiger partial charge in [-0.05, 0) is 86.0 Å². The predicted octanol–water partition coefficient (Wildman–Crippen LogP) is 4.15. The van der Waals surface area contributed by atoms with Gasteiger partial charge >= 0.3 is 5.97 Å². The molecule has 9 heteroatoms. The average molecular weight is 528 g/mol. The van der Waals surface area contributed by atoms with E-state index in [9.17, 15) is 14.7 Å². The standard InChI is InChI=1S/C28H37N3O5S/c1-16-15-30-26(37-16)31-23(32)9-5-18-13-28(34,36-24(33)14-29)27(2)11-10-21-20-8-6-19(35-3)12-17(20)4-7-22(21)25(18)27/h6,8,12,15,18,21-22,25,34H,4-5,7,9-11,13-14,29H2,1-3H3,(H,30,31,32)/t18-,21?,22?,25?,27+,28+/m1/s1. The summed E-state index contributed by atoms with van der Waals surface area (Å²) in [5, 5.41) is 15.4. The van der Waals surface area contributed by atoms with Crippen LogP contribution >= 0.6 is 11.3 Å². The highest BCUT2D eigenvalue weighted by Crippen LogP contribution is 2.67. The van der Waals surface area contributed by atoms with Crippen molar-refractivity contribution in [3.63, 3.8) is 0 Å². The van der Waals surface area contributed by atoms with Gasteiger partial charge in [0.2, 0.25) is 11.7 Å². The first-order chi connectivity index (χ1) is 17.7. The van der Waals surface area contributed by atoms with Crippen molar-refractivity contribution in [2.75, 3.05) is 19.0 Å². The second-order valence-corrected chi connectivity index (χ2v) is 12.4. The molecule has 8 nitrogen and oxygen atoms in total. The van der Waals surface area contributed by atoms with E-state index >= 15 is 0 Å². The number of hydrogen-bond donors (Lipinski definition) is 3. The minimum absolute atomic E-state index is 0.0388. The summed E-state index contributed by atoms with van der Waals surface area (Å²) < 4.78 is 11.2. The Morgan fingerprint density at radius 2 is 2.14 bits per heavy atom. The Morgan fingerprint density at radius 1 is 1.32 bits per heavy atom. The first-order valence-corrected chi connectivity index (χ1v) is 14.0. The molecule has 2 fully saturated rings. The zero-order valence-electron chi connectivity index (χ0n) is 21.8. The van der Waals surface area contributed by atoms with Gasteiger partial charge in [-0.3, -0.25) is 9.59 Å². The molecular weight excluding hydrogens is 490 g/mol. The summed E-state index contributed by atoms with van der Waals surface area (Å²) in [6.07, 6.45) is 6.58. The van der Waals surface area contributed by atoms with E-state index in [0.29, 0.717) is 36.2 Å². The second kappa shape index (κ2) is 10.0. The number of nitrogens with one attached hydrogen (secondary N) is 1. The lowest BCUT2D eigenvalue weighted by Gasteiger charge is -2.53. The topological polar surface area (TPSA) is 124 Å². The fraction of sp³-hybridized carbons (Fsp3) is 0.607. The molecule has 0 saturated heterocycles. The van der Waals surface area contributed by atoms with Crippen LogP contribution in [0.5, 0.6) is 5.75 Å². The fourth-order valence-corrected chi connectivity index (χ4v) is 8.24. The number of aliphatic hydroxyl groups is 1. The van der Waals surface area contributed by atoms with E-state index in [0.717, 1.165) is 36.3 Å². The molecule has 0 spiro atoms. The molecule has 3 aliphatic carbocycles. The molecule has 6 atom stereocenters. The predicted molar refractivity (Wildman–Crippen MR) is 141 cm³/mol. The van der Waals surface area contributed by atoms with Crippen LogP contribution < -0.4 is 15.8 Å². The van der Waals surface area contributed by atoms with Crippen LogP contribution in [0.2, 0.25) is 0 Å². The molecule has 4 N–H and O–H groups in total. The zero-order chi connectivity index (χ0) is 26.4. The Hall–Kier alpha value is -2.49. The van der Waals surface area contributed by atoms with Gasteiger partial charge in [0.25, 0.3) is 0 Å². The number of fused-ring (bicyclic) bond motifs is 5. The first-order valence-electron chi connectivity index (χ1n) is 13.2. The molecule has 3 aliphatic rings. The number of rotatable bonds is 7. The molecule has 1 heterocycles. The van der Waals surface area contributed by atoms with Crippen molar-refractivity contribution >= 4 is 28.3 Å². The number of carbonyl (C=O) groups is 2. The number of aromatic nitrogens is 1. The Balaban J connectivity index is 1.41. The molecule has 1 aromatic carbocycles. The summed E-state index contributed by atoms with van der Waals surface area (Å²) in [5.41, 5.74) is 7.66. The number of ether oxygens (including phenoxy) is 2. The SMILES string of the molecule is COc1ccc2c(c1)CCC1C2CC[C@@]2(C)C1[C@H](CCC(=O)Nc1ncc(C)s1)C[C@]2(O)OC(=O)CN. The van der Waals surface area contributed by atoms with Gasteiger partial charge in [-0.15, -0.1) is 11.3 Å². The highest BCUT2D eigenvalue weighted by molar-refractivity contribution is 7.15. The van der Waals surface area contributed by atoms with Crippen LogP contribution in [0.1, 0.15) is 67.4 Å². The highest BCUT2D eigenvalue weighted by Gasteiger charge is 2.67. The molecule has 200 valence electrons. The van der Waals surface area contributed by atoms with Gasteiger partial charge in [0.15, 0.2) is 5.13 Å². The van der Waals surface area contributed by atoms with Crippen LogP contribution in [0.3, 0.4) is 0 Å². The van der Waals surface area contributed by atoms with Crippen LogP contribution in [-0.4, -0.2) is 41.4 Å². The minimum atomic E-state index is -1.59. The molecule has 0 bridgehead atoms. The van der Waals surface area contributed by atoms with Crippen LogP contribution in [-0.2, 0) is 20.7 Å². The van der Waals surface area contributed by atoms with Gasteiger partial charge in [0, 0.05) is 29.3 Å². The largest absolute Gasteiger partial charge is 0.497 e. The van der Waals surface area contributed by atoms with Gasteiger partial charge in [-0.1, -0.05) is 13.0 Å². The monoisotopic (exact) mass is 527 g/mol. The second-order valence-electron chi connectivity index (χ2n) is 11.1. The number of nitrogens with two attached hydrogens (primary N) is 1. The smallest absolute Gasteiger partial charge is 0.322 e. The van der Waals surface area contributed by atoms with Gasteiger partial charge in [-0.25, -0.2) is 4.98 Å². The molecule has 0 aliphatic heterocycles. The maximum absolute atomic E-state index is 12.8. The van der Waals surface area contributed by atoms with Crippen molar-refractivity contribution in [1.82, 2.24) is 4.98 Å². The molecule has 5 rings (SSSR count). The van der Waals surface area contributed by atoms with Gasteiger partial charge < -0.3 is 25.6 Å². The zero-order valence-corrected chi connectivity index (χ0v) is 22.6. The van der Waals surface area contributed by atoms with E-state index in [2.05, 4.69) is 29.4 Å². The van der Waals surface area contributed by atoms with Crippen LogP contribution in [0.4, 0.5) is 5.13 Å². The Morgan fingerprint density at radius 3 is 2.84 bits per heavy atom. The molecule has 1 amide bonds. The Bertz CT molecular complexity index is 1180. The van der Waals surface area contributed by atoms with Crippen LogP contribution in [0.15, 0.2) is 24.4 Å². The lowest BCUT2D eigenvalue weighted by molar-refractivity contribution is -0.259. The highest BCUT2D eigenvalue weighted by atomic mass is 32.1. The number of hydrogen-bond acceptors (Lipinski definition) is 8. The van der Waals surface area contributed by atoms with Gasteiger partial charge in [-0.2, -0.15) is 0 Å². The van der Waals surface area contributed by atoms with Crippen molar-refractivity contribution in [1.29, 1.82) is 0 Å². The third kappa shape index (κ3) is 4.66. The van der Waals surface area contributed by atoms with Gasteiger partial charge in [0.05, 0.1) is 13.7 Å². The van der Waals surface area contributed by atoms with E-state index in [-0.39, 0.29) is 24.3 Å². The normalized spacial score (nSPS) is 32.1. The number of amides is 1. The first kappa shape index (κ1) is 26.1. The van der Waals surface area contributed by atoms with E-state index in [1.54, 1.807) is 13.3 Å². The molecule has 1 aromatic heterocycles. The maximum Gasteiger partial charge on any atom is 0.322 e. The van der Waals surface area contributed by atoms with E-state index in [4.69, 9.17) is 15.2 Å². The number of nitrogens with zero attached hydrogens (tertiary/aromatic N) is 1. The summed E-state index contributed by atoms with van der Waals surface area (Å²) in [6, 6.07) is 6.38. The van der Waals surface area contributed by atoms with Crippen molar-refractivity contribution in [3.8, 4) is 5.75 Å². The number of esters is 1. The number of aryl methyl sites for hydroxylation is 2. The third-order valence-electron chi connectivity index (χ3n) is 9.18. The minimum Gasteiger partial charge on any atom is -0.497 e. The number of methoxy groups -OCH3 is 1. The van der Waals surface area contributed by atoms with Crippen molar-refractivity contribution in [3.05, 3.63) is 40.4 Å². The van der Waals surface area contributed by atoms with E-state index < -0.39 is 17.2 Å². The van der Waals surface area contributed by atoms with Crippen LogP contribution in [0, 0.1) is 30.1 Å². The quantitative estimate of drug-likeness (QED) is 0.365. The van der Waals surface area contributed by atoms with Crippen molar-refractivity contribution in [2.45, 2.75) is 70.5 Å². The Labute approximate surface area is 221 Å². The molecule has 37 heavy (non-hydrogen) atoms. The molecule has 3 unspecified atom stereocenters. The number of benzene rings is 1. The maximum atomic E-state index is 12.8. The summed E-state index contributed by atoms with van der Waals surface area (Å²) in [4.78, 5) is 30.3. The summed E-state index contributed by atoms with van der Waals surface area (Å²) in [5.74, 6) is -0.533. The summed E-state index contributed by atoms with van der Waals surface area (Å²) in [7, 11) is 1.69. The third-order valence-corrected chi connectivity index (χ3v) is 10.0. The number of carbonyl (C=O) groups excluding carboxylic acids is 2. The molecule has 2 saturated carbocycles. The fourth-order valence-electron chi connectivity index (χ4n) is 7.56. The number of thiazole rings is 1. The van der Waals surface area contributed by atoms with E-state index in [1.807, 2.05) is 13.0 Å². The molecular formula is C28H37N3O5S. The van der Waals surface area contributed by atoms with Crippen LogP contribution in [0.25, 0.3) is 0 Å². The summed E-state index contributed by atoms with van der Waals surface area (Å²) >= 11 is 1.45. The molecule has 2 aromatic rings. The van der Waals surface area contributed by atoms with E-state index in [1.165, 1.54) is 22.5 Å². The Kier molecular flexibility index (Phi) is 7.06. The summed E-state index contributed by atoms with van der Waals surface area (Å²) in [6.45, 7) is 3.75. The average Bonchev–Trinajstić information content (AvgIpc) is 3.39. The van der Waals surface area contributed by atoms with Crippen molar-refractivity contribution < 1.29 is 24.2 Å². The van der Waals surface area contributed by atoms with Gasteiger partial charge in [0.1, 0.15) is 5.75 Å². The lowest BCUT2D eigenvalue weighted by atomic mass is 9.53. The van der Waals surface area contributed by atoms with Crippen molar-refractivity contribution in [2.24, 2.45) is 28.9 Å². The number of anilines is 1. The molecule has 0 radical (unpaired) electrons.